The first-order chi connectivity index (χ1) is 9.19. The Morgan fingerprint density at radius 2 is 2.32 bits per heavy atom. The molecule has 0 amide bonds. The fourth-order valence-corrected chi connectivity index (χ4v) is 2.51. The van der Waals surface area contributed by atoms with Gasteiger partial charge in [0.2, 0.25) is 0 Å². The van der Waals surface area contributed by atoms with Gasteiger partial charge in [0.15, 0.2) is 5.16 Å². The van der Waals surface area contributed by atoms with Gasteiger partial charge < -0.3 is 10.3 Å². The lowest BCUT2D eigenvalue weighted by molar-refractivity contribution is 0.710. The van der Waals surface area contributed by atoms with E-state index in [1.165, 1.54) is 17.8 Å². The molecule has 2 aromatic heterocycles. The number of aryl methyl sites for hydroxylation is 1. The van der Waals surface area contributed by atoms with E-state index in [1.54, 1.807) is 13.1 Å². The highest BCUT2D eigenvalue weighted by molar-refractivity contribution is 7.99. The quantitative estimate of drug-likeness (QED) is 0.814. The average molecular weight is 276 g/mol. The van der Waals surface area contributed by atoms with E-state index in [2.05, 4.69) is 27.2 Å². The van der Waals surface area contributed by atoms with Crippen molar-refractivity contribution in [2.75, 3.05) is 6.54 Å². The Bertz CT molecular complexity index is 612. The molecule has 0 atom stereocenters. The van der Waals surface area contributed by atoms with Crippen LogP contribution in [0.4, 0.5) is 0 Å². The van der Waals surface area contributed by atoms with Crippen LogP contribution in [0.3, 0.4) is 0 Å². The van der Waals surface area contributed by atoms with Gasteiger partial charge in [0.1, 0.15) is 5.03 Å². The third-order valence-corrected chi connectivity index (χ3v) is 3.40. The highest BCUT2D eigenvalue weighted by atomic mass is 32.2. The van der Waals surface area contributed by atoms with Gasteiger partial charge in [-0.05, 0) is 36.9 Å². The Labute approximate surface area is 115 Å². The minimum Gasteiger partial charge on any atom is -0.313 e. The number of hydrogen-bond acceptors (Lipinski definition) is 5. The maximum atomic E-state index is 11.4. The van der Waals surface area contributed by atoms with Crippen molar-refractivity contribution in [3.8, 4) is 0 Å². The SMILES string of the molecule is CCNCc1cccnc1Sc1nc(C)cc(=O)[nH]1. The van der Waals surface area contributed by atoms with Crippen molar-refractivity contribution >= 4 is 11.8 Å². The van der Waals surface area contributed by atoms with Crippen LogP contribution in [0.25, 0.3) is 0 Å². The van der Waals surface area contributed by atoms with E-state index in [0.29, 0.717) is 10.9 Å². The van der Waals surface area contributed by atoms with Crippen LogP contribution < -0.4 is 10.9 Å². The van der Waals surface area contributed by atoms with E-state index in [9.17, 15) is 4.79 Å². The molecule has 2 N–H and O–H groups in total. The summed E-state index contributed by atoms with van der Waals surface area (Å²) < 4.78 is 0. The molecular weight excluding hydrogens is 260 g/mol. The first-order valence-corrected chi connectivity index (χ1v) is 6.91. The second kappa shape index (κ2) is 6.49. The molecule has 2 heterocycles. The molecule has 2 rings (SSSR count). The molecule has 19 heavy (non-hydrogen) atoms. The van der Waals surface area contributed by atoms with Gasteiger partial charge in [-0.1, -0.05) is 13.0 Å². The van der Waals surface area contributed by atoms with Crippen molar-refractivity contribution in [1.29, 1.82) is 0 Å². The van der Waals surface area contributed by atoms with Gasteiger partial charge in [0.25, 0.3) is 5.56 Å². The Hall–Kier alpha value is -1.66. The van der Waals surface area contributed by atoms with Crippen LogP contribution in [0, 0.1) is 6.92 Å². The molecule has 5 nitrogen and oxygen atoms in total. The molecule has 0 fully saturated rings. The highest BCUT2D eigenvalue weighted by Gasteiger charge is 2.07. The average Bonchev–Trinajstić information content (AvgIpc) is 2.36. The van der Waals surface area contributed by atoms with Gasteiger partial charge in [-0.15, -0.1) is 0 Å². The molecule has 0 aliphatic heterocycles. The zero-order valence-electron chi connectivity index (χ0n) is 10.9. The minimum atomic E-state index is -0.140. The minimum absolute atomic E-state index is 0.140. The van der Waals surface area contributed by atoms with Crippen molar-refractivity contribution < 1.29 is 0 Å². The van der Waals surface area contributed by atoms with Crippen molar-refractivity contribution in [3.63, 3.8) is 0 Å². The number of nitrogens with one attached hydrogen (secondary N) is 2. The zero-order chi connectivity index (χ0) is 13.7. The van der Waals surface area contributed by atoms with Crippen LogP contribution in [-0.2, 0) is 6.54 Å². The van der Waals surface area contributed by atoms with E-state index in [-0.39, 0.29) is 5.56 Å². The number of aromatic nitrogens is 3. The lowest BCUT2D eigenvalue weighted by Crippen LogP contribution is -2.13. The fraction of sp³-hybridized carbons (Fsp3) is 0.308. The molecule has 0 aliphatic rings. The molecule has 0 saturated carbocycles. The predicted molar refractivity (Wildman–Crippen MR) is 75.3 cm³/mol. The molecular formula is C13H16N4OS. The van der Waals surface area contributed by atoms with E-state index >= 15 is 0 Å². The second-order valence-electron chi connectivity index (χ2n) is 4.04. The fourth-order valence-electron chi connectivity index (χ4n) is 1.60. The Morgan fingerprint density at radius 3 is 3.05 bits per heavy atom. The standard InChI is InChI=1S/C13H16N4OS/c1-3-14-8-10-5-4-6-15-12(10)19-13-16-9(2)7-11(18)17-13/h4-7,14H,3,8H2,1-2H3,(H,16,17,18). The number of hydrogen-bond donors (Lipinski definition) is 2. The molecule has 0 bridgehead atoms. The molecule has 6 heteroatoms. The van der Waals surface area contributed by atoms with Crippen LogP contribution in [-0.4, -0.2) is 21.5 Å². The van der Waals surface area contributed by atoms with Gasteiger partial charge in [0.05, 0.1) is 0 Å². The number of aromatic amines is 1. The molecule has 0 radical (unpaired) electrons. The van der Waals surface area contributed by atoms with E-state index in [4.69, 9.17) is 0 Å². The summed E-state index contributed by atoms with van der Waals surface area (Å²) in [5.41, 5.74) is 1.66. The molecule has 100 valence electrons. The maximum absolute atomic E-state index is 11.4. The van der Waals surface area contributed by atoms with Gasteiger partial charge >= 0.3 is 0 Å². The predicted octanol–water partition coefficient (Wildman–Crippen LogP) is 1.73. The topological polar surface area (TPSA) is 70.7 Å². The van der Waals surface area contributed by atoms with Gasteiger partial charge in [-0.25, -0.2) is 9.97 Å². The van der Waals surface area contributed by atoms with Crippen molar-refractivity contribution in [3.05, 3.63) is 46.0 Å². The number of rotatable bonds is 5. The summed E-state index contributed by atoms with van der Waals surface area (Å²) in [5, 5.41) is 4.70. The van der Waals surface area contributed by atoms with E-state index in [0.717, 1.165) is 23.7 Å². The van der Waals surface area contributed by atoms with Gasteiger partial charge in [0, 0.05) is 24.5 Å². The number of pyridine rings is 1. The van der Waals surface area contributed by atoms with Crippen LogP contribution >= 0.6 is 11.8 Å². The zero-order valence-corrected chi connectivity index (χ0v) is 11.8. The summed E-state index contributed by atoms with van der Waals surface area (Å²) in [4.78, 5) is 22.8. The third-order valence-electron chi connectivity index (χ3n) is 2.46. The highest BCUT2D eigenvalue weighted by Crippen LogP contribution is 2.25. The van der Waals surface area contributed by atoms with Crippen LogP contribution in [0.5, 0.6) is 0 Å². The Balaban J connectivity index is 2.24. The van der Waals surface area contributed by atoms with Crippen LogP contribution in [0.15, 0.2) is 39.4 Å². The lowest BCUT2D eigenvalue weighted by Gasteiger charge is -2.07. The van der Waals surface area contributed by atoms with E-state index < -0.39 is 0 Å². The monoisotopic (exact) mass is 276 g/mol. The molecule has 0 spiro atoms. The summed E-state index contributed by atoms with van der Waals surface area (Å²) >= 11 is 1.38. The molecule has 0 aromatic carbocycles. The second-order valence-corrected chi connectivity index (χ2v) is 5.02. The summed E-state index contributed by atoms with van der Waals surface area (Å²) in [7, 11) is 0. The summed E-state index contributed by atoms with van der Waals surface area (Å²) in [5.74, 6) is 0. The van der Waals surface area contributed by atoms with Crippen molar-refractivity contribution in [2.24, 2.45) is 0 Å². The van der Waals surface area contributed by atoms with Crippen LogP contribution in [0.2, 0.25) is 0 Å². The number of H-pyrrole nitrogens is 1. The first kappa shape index (κ1) is 13.8. The normalized spacial score (nSPS) is 10.6. The first-order valence-electron chi connectivity index (χ1n) is 6.09. The Morgan fingerprint density at radius 1 is 1.47 bits per heavy atom. The maximum Gasteiger partial charge on any atom is 0.251 e. The molecule has 0 saturated heterocycles. The van der Waals surface area contributed by atoms with Crippen molar-refractivity contribution in [2.45, 2.75) is 30.6 Å². The van der Waals surface area contributed by atoms with E-state index in [1.807, 2.05) is 12.1 Å². The molecule has 0 aliphatic carbocycles. The summed E-state index contributed by atoms with van der Waals surface area (Å²) in [6.45, 7) is 5.52. The smallest absolute Gasteiger partial charge is 0.251 e. The lowest BCUT2D eigenvalue weighted by atomic mass is 10.3. The molecule has 0 unspecified atom stereocenters. The number of nitrogens with zero attached hydrogens (tertiary/aromatic N) is 2. The Kier molecular flexibility index (Phi) is 4.70. The summed E-state index contributed by atoms with van der Waals surface area (Å²) in [6.07, 6.45) is 1.74. The van der Waals surface area contributed by atoms with Crippen molar-refractivity contribution in [1.82, 2.24) is 20.3 Å². The van der Waals surface area contributed by atoms with Gasteiger partial charge in [-0.3, -0.25) is 4.79 Å². The largest absolute Gasteiger partial charge is 0.313 e. The third kappa shape index (κ3) is 3.90. The molecule has 2 aromatic rings. The van der Waals surface area contributed by atoms with Gasteiger partial charge in [-0.2, -0.15) is 0 Å². The summed E-state index contributed by atoms with van der Waals surface area (Å²) in [6, 6.07) is 5.40. The van der Waals surface area contributed by atoms with Crippen LogP contribution in [0.1, 0.15) is 18.2 Å².